The van der Waals surface area contributed by atoms with E-state index in [9.17, 15) is 0 Å². The molecule has 2 N–H and O–H groups in total. The third kappa shape index (κ3) is 2.29. The number of rotatable bonds is 1. The van der Waals surface area contributed by atoms with Crippen LogP contribution in [-0.2, 0) is 15.7 Å². The first-order chi connectivity index (χ1) is 7.42. The first kappa shape index (κ1) is 12.0. The zero-order valence-corrected chi connectivity index (χ0v) is 11.1. The van der Waals surface area contributed by atoms with E-state index in [0.29, 0.717) is 6.61 Å². The highest BCUT2D eigenvalue weighted by atomic mass is 32.1. The van der Waals surface area contributed by atoms with Crippen LogP contribution in [-0.4, -0.2) is 18.2 Å². The highest BCUT2D eigenvalue weighted by molar-refractivity contribution is 7.09. The summed E-state index contributed by atoms with van der Waals surface area (Å²) in [6.07, 6.45) is 2.00. The molecule has 1 unspecified atom stereocenters. The summed E-state index contributed by atoms with van der Waals surface area (Å²) in [5.41, 5.74) is 7.23. The van der Waals surface area contributed by atoms with Gasteiger partial charge in [-0.2, -0.15) is 0 Å². The lowest BCUT2D eigenvalue weighted by Crippen LogP contribution is -2.44. The lowest BCUT2D eigenvalue weighted by atomic mass is 9.92. The fourth-order valence-electron chi connectivity index (χ4n) is 1.83. The minimum absolute atomic E-state index is 0.0979. The molecular formula is C12H20N2OS. The van der Waals surface area contributed by atoms with Crippen LogP contribution in [0.3, 0.4) is 0 Å². The highest BCUT2D eigenvalue weighted by Gasteiger charge is 2.34. The van der Waals surface area contributed by atoms with Crippen molar-refractivity contribution in [1.29, 1.82) is 0 Å². The Balaban J connectivity index is 2.24. The maximum absolute atomic E-state index is 6.36. The summed E-state index contributed by atoms with van der Waals surface area (Å²) in [6.45, 7) is 7.95. The molecule has 0 spiro atoms. The van der Waals surface area contributed by atoms with Crippen LogP contribution >= 0.6 is 11.3 Å². The molecule has 1 aromatic heterocycles. The molecule has 1 aromatic rings. The molecule has 0 aliphatic carbocycles. The van der Waals surface area contributed by atoms with Gasteiger partial charge in [0.05, 0.1) is 17.8 Å². The van der Waals surface area contributed by atoms with Crippen LogP contribution in [0.25, 0.3) is 0 Å². The topological polar surface area (TPSA) is 48.1 Å². The molecule has 3 nitrogen and oxygen atoms in total. The van der Waals surface area contributed by atoms with Crippen LogP contribution in [0, 0.1) is 0 Å². The summed E-state index contributed by atoms with van der Waals surface area (Å²) in [6, 6.07) is 0. The fourth-order valence-corrected chi connectivity index (χ4v) is 3.01. The van der Waals surface area contributed by atoms with Crippen LogP contribution in [0.2, 0.25) is 0 Å². The Bertz CT molecular complexity index is 361. The molecule has 0 amide bonds. The van der Waals surface area contributed by atoms with Crippen molar-refractivity contribution in [2.24, 2.45) is 5.73 Å². The molecule has 1 fully saturated rings. The Labute approximate surface area is 101 Å². The number of ether oxygens (including phenoxy) is 1. The van der Waals surface area contributed by atoms with E-state index in [-0.39, 0.29) is 11.0 Å². The largest absolute Gasteiger partial charge is 0.379 e. The second kappa shape index (κ2) is 4.09. The molecule has 1 saturated heterocycles. The first-order valence-corrected chi connectivity index (χ1v) is 6.63. The van der Waals surface area contributed by atoms with Crippen molar-refractivity contribution in [3.05, 3.63) is 16.1 Å². The Morgan fingerprint density at radius 3 is 2.75 bits per heavy atom. The normalized spacial score (nSPS) is 27.0. The standard InChI is InChI=1S/C12H20N2OS/c1-11(2,3)9-7-16-10(14-9)12(13)5-4-6-15-8-12/h7H,4-6,8,13H2,1-3H3. The minimum Gasteiger partial charge on any atom is -0.379 e. The van der Waals surface area contributed by atoms with E-state index in [0.717, 1.165) is 30.2 Å². The van der Waals surface area contributed by atoms with Crippen LogP contribution in [0.1, 0.15) is 44.3 Å². The van der Waals surface area contributed by atoms with E-state index >= 15 is 0 Å². The zero-order valence-electron chi connectivity index (χ0n) is 10.2. The molecule has 2 heterocycles. The molecule has 90 valence electrons. The number of hydrogen-bond donors (Lipinski definition) is 1. The van der Waals surface area contributed by atoms with Crippen molar-refractivity contribution in [2.75, 3.05) is 13.2 Å². The predicted molar refractivity (Wildman–Crippen MR) is 66.7 cm³/mol. The van der Waals surface area contributed by atoms with Gasteiger partial charge in [0.2, 0.25) is 0 Å². The molecule has 0 aromatic carbocycles. The van der Waals surface area contributed by atoms with Gasteiger partial charge in [-0.05, 0) is 12.8 Å². The number of thiazole rings is 1. The van der Waals surface area contributed by atoms with Crippen molar-refractivity contribution in [1.82, 2.24) is 4.98 Å². The Hall–Kier alpha value is -0.450. The molecule has 1 atom stereocenters. The monoisotopic (exact) mass is 240 g/mol. The summed E-state index contributed by atoms with van der Waals surface area (Å²) >= 11 is 1.67. The molecule has 1 aliphatic heterocycles. The third-order valence-corrected chi connectivity index (χ3v) is 4.03. The number of aromatic nitrogens is 1. The van der Waals surface area contributed by atoms with E-state index in [2.05, 4.69) is 26.2 Å². The van der Waals surface area contributed by atoms with Gasteiger partial charge in [-0.25, -0.2) is 4.98 Å². The van der Waals surface area contributed by atoms with E-state index in [4.69, 9.17) is 15.5 Å². The summed E-state index contributed by atoms with van der Waals surface area (Å²) < 4.78 is 5.48. The lowest BCUT2D eigenvalue weighted by Gasteiger charge is -2.31. The van der Waals surface area contributed by atoms with E-state index in [1.54, 1.807) is 11.3 Å². The Kier molecular flexibility index (Phi) is 3.07. The van der Waals surface area contributed by atoms with Crippen LogP contribution in [0.5, 0.6) is 0 Å². The van der Waals surface area contributed by atoms with Gasteiger partial charge in [0.15, 0.2) is 0 Å². The second-order valence-electron chi connectivity index (χ2n) is 5.60. The van der Waals surface area contributed by atoms with Crippen LogP contribution < -0.4 is 5.73 Å². The van der Waals surface area contributed by atoms with Crippen molar-refractivity contribution >= 4 is 11.3 Å². The average Bonchev–Trinajstić information content (AvgIpc) is 2.67. The first-order valence-electron chi connectivity index (χ1n) is 5.75. The smallest absolute Gasteiger partial charge is 0.115 e. The summed E-state index contributed by atoms with van der Waals surface area (Å²) in [4.78, 5) is 4.69. The molecule has 2 rings (SSSR count). The van der Waals surface area contributed by atoms with Crippen molar-refractivity contribution in [3.8, 4) is 0 Å². The van der Waals surface area contributed by atoms with E-state index in [1.165, 1.54) is 0 Å². The van der Waals surface area contributed by atoms with Gasteiger partial charge < -0.3 is 10.5 Å². The van der Waals surface area contributed by atoms with Crippen LogP contribution in [0.4, 0.5) is 0 Å². The van der Waals surface area contributed by atoms with Gasteiger partial charge in [0.1, 0.15) is 5.01 Å². The number of nitrogens with zero attached hydrogens (tertiary/aromatic N) is 1. The van der Waals surface area contributed by atoms with Gasteiger partial charge in [-0.15, -0.1) is 11.3 Å². The summed E-state index contributed by atoms with van der Waals surface area (Å²) in [5.74, 6) is 0. The molecule has 16 heavy (non-hydrogen) atoms. The van der Waals surface area contributed by atoms with Crippen molar-refractivity contribution in [3.63, 3.8) is 0 Å². The van der Waals surface area contributed by atoms with E-state index in [1.807, 2.05) is 0 Å². The van der Waals surface area contributed by atoms with Crippen molar-refractivity contribution < 1.29 is 4.74 Å². The molecule has 4 heteroatoms. The van der Waals surface area contributed by atoms with Crippen molar-refractivity contribution in [2.45, 2.75) is 44.6 Å². The van der Waals surface area contributed by atoms with Gasteiger partial charge >= 0.3 is 0 Å². The molecular weight excluding hydrogens is 220 g/mol. The molecule has 0 saturated carbocycles. The molecule has 0 bridgehead atoms. The van der Waals surface area contributed by atoms with Gasteiger partial charge in [-0.1, -0.05) is 20.8 Å². The SMILES string of the molecule is CC(C)(C)c1csc(C2(N)CCCOC2)n1. The molecule has 0 radical (unpaired) electrons. The maximum Gasteiger partial charge on any atom is 0.115 e. The quantitative estimate of drug-likeness (QED) is 0.820. The van der Waals surface area contributed by atoms with Crippen LogP contribution in [0.15, 0.2) is 5.38 Å². The summed E-state index contributed by atoms with van der Waals surface area (Å²) in [5, 5.41) is 3.15. The Morgan fingerprint density at radius 1 is 1.50 bits per heavy atom. The maximum atomic E-state index is 6.36. The number of hydrogen-bond acceptors (Lipinski definition) is 4. The third-order valence-electron chi connectivity index (χ3n) is 2.97. The average molecular weight is 240 g/mol. The predicted octanol–water partition coefficient (Wildman–Crippen LogP) is 2.41. The van der Waals surface area contributed by atoms with E-state index < -0.39 is 0 Å². The lowest BCUT2D eigenvalue weighted by molar-refractivity contribution is 0.0365. The highest BCUT2D eigenvalue weighted by Crippen LogP contribution is 2.33. The number of nitrogens with two attached hydrogens (primary N) is 1. The Morgan fingerprint density at radius 2 is 2.25 bits per heavy atom. The van der Waals surface area contributed by atoms with Gasteiger partial charge in [-0.3, -0.25) is 0 Å². The molecule has 1 aliphatic rings. The zero-order chi connectivity index (χ0) is 11.8. The second-order valence-corrected chi connectivity index (χ2v) is 6.46. The van der Waals surface area contributed by atoms with Gasteiger partial charge in [0.25, 0.3) is 0 Å². The van der Waals surface area contributed by atoms with Gasteiger partial charge in [0, 0.05) is 17.4 Å². The fraction of sp³-hybridized carbons (Fsp3) is 0.750. The summed E-state index contributed by atoms with van der Waals surface area (Å²) in [7, 11) is 0. The minimum atomic E-state index is -0.355.